The predicted molar refractivity (Wildman–Crippen MR) is 169 cm³/mol. The summed E-state index contributed by atoms with van der Waals surface area (Å²) in [6.07, 6.45) is -4.43. The summed E-state index contributed by atoms with van der Waals surface area (Å²) in [6, 6.07) is -0.950. The molecule has 4 aliphatic rings. The van der Waals surface area contributed by atoms with E-state index in [0.717, 1.165) is 5.57 Å². The van der Waals surface area contributed by atoms with Gasteiger partial charge in [-0.2, -0.15) is 0 Å². The van der Waals surface area contributed by atoms with Crippen molar-refractivity contribution in [2.45, 2.75) is 150 Å². The lowest BCUT2D eigenvalue weighted by molar-refractivity contribution is -0.325. The summed E-state index contributed by atoms with van der Waals surface area (Å²) >= 11 is 0. The Balaban J connectivity index is 1.72. The Hall–Kier alpha value is -1.72. The SMILES string of the molecule is CC1=C2[C@H](C)[C@H](O)[C@@]3(C)[C@H]([C@H](C)[C@](O)(C[C@@H]1OC(=O)[C@H](O)[C@H](CC(C)C)NC(=O)OC(C)(C)C)C2(C)C)[C@]1(C)CO[C@@H]1C[C@@H]3O. The van der Waals surface area contributed by atoms with Crippen LogP contribution >= 0.6 is 0 Å². The molecule has 0 aromatic rings. The molecule has 1 aliphatic heterocycles. The molecule has 3 fully saturated rings. The summed E-state index contributed by atoms with van der Waals surface area (Å²) in [4.78, 5) is 26.2. The molecule has 10 nitrogen and oxygen atoms in total. The summed E-state index contributed by atoms with van der Waals surface area (Å²) in [5.74, 6) is -2.07. The zero-order valence-electron chi connectivity index (χ0n) is 29.4. The van der Waals surface area contributed by atoms with Gasteiger partial charge in [0.25, 0.3) is 0 Å². The van der Waals surface area contributed by atoms with Gasteiger partial charge in [0.1, 0.15) is 11.7 Å². The molecule has 0 aromatic carbocycles. The molecule has 10 heteroatoms. The summed E-state index contributed by atoms with van der Waals surface area (Å²) in [7, 11) is 0. The van der Waals surface area contributed by atoms with Gasteiger partial charge in [0.2, 0.25) is 0 Å². The number of hydrogen-bond donors (Lipinski definition) is 5. The van der Waals surface area contributed by atoms with Gasteiger partial charge in [0, 0.05) is 35.0 Å². The van der Waals surface area contributed by atoms with Crippen molar-refractivity contribution in [3.8, 4) is 0 Å². The summed E-state index contributed by atoms with van der Waals surface area (Å²) in [5, 5.41) is 50.5. The number of hydrogen-bond acceptors (Lipinski definition) is 9. The molecule has 1 saturated heterocycles. The van der Waals surface area contributed by atoms with E-state index in [9.17, 15) is 30.0 Å². The molecule has 45 heavy (non-hydrogen) atoms. The van der Waals surface area contributed by atoms with E-state index >= 15 is 0 Å². The fourth-order valence-electron chi connectivity index (χ4n) is 9.94. The third kappa shape index (κ3) is 5.74. The van der Waals surface area contributed by atoms with Crippen LogP contribution in [-0.4, -0.2) is 86.9 Å². The summed E-state index contributed by atoms with van der Waals surface area (Å²) in [5.41, 5.74) is -2.74. The molecule has 3 aliphatic carbocycles. The first-order chi connectivity index (χ1) is 20.4. The van der Waals surface area contributed by atoms with Crippen LogP contribution in [0.15, 0.2) is 11.1 Å². The van der Waals surface area contributed by atoms with Crippen molar-refractivity contribution in [3.05, 3.63) is 11.1 Å². The number of fused-ring (bicyclic) bond motifs is 5. The highest BCUT2D eigenvalue weighted by Crippen LogP contribution is 2.68. The average molecular weight is 638 g/mol. The summed E-state index contributed by atoms with van der Waals surface area (Å²) in [6.45, 7) is 23.3. The first-order valence-electron chi connectivity index (χ1n) is 16.7. The van der Waals surface area contributed by atoms with Crippen LogP contribution in [0.3, 0.4) is 0 Å². The first kappa shape index (κ1) is 36.1. The zero-order chi connectivity index (χ0) is 34.2. The Kier molecular flexibility index (Phi) is 9.44. The van der Waals surface area contributed by atoms with E-state index < -0.39 is 76.4 Å². The van der Waals surface area contributed by atoms with E-state index in [-0.39, 0.29) is 29.8 Å². The van der Waals surface area contributed by atoms with Crippen LogP contribution in [0.1, 0.15) is 102 Å². The Morgan fingerprint density at radius 3 is 2.22 bits per heavy atom. The Bertz CT molecular complexity index is 1190. The second kappa shape index (κ2) is 11.8. The number of rotatable bonds is 6. The van der Waals surface area contributed by atoms with Gasteiger partial charge in [0.15, 0.2) is 6.10 Å². The highest BCUT2D eigenvalue weighted by atomic mass is 16.6. The predicted octanol–water partition coefficient (Wildman–Crippen LogP) is 4.11. The van der Waals surface area contributed by atoms with Crippen molar-refractivity contribution in [1.29, 1.82) is 0 Å². The lowest BCUT2D eigenvalue weighted by Gasteiger charge is -2.70. The third-order valence-corrected chi connectivity index (χ3v) is 12.2. The standard InChI is InChI=1S/C35H59NO9/c1-17(2)13-21(36-30(41)45-31(6,7)8)26(38)29(40)44-22-15-35(42)20(5)27-33(11)16-43-24(33)14-23(37)34(27,12)28(39)19(4)25(18(22)3)32(35,9)10/h17,19-24,26-28,37-39,42H,13-16H2,1-12H3,(H,36,41)/t19-,20-,21-,22-,23-,24+,26+,27+,28-,33+,34+,35+/m0/s1. The van der Waals surface area contributed by atoms with Crippen molar-refractivity contribution in [2.75, 3.05) is 6.61 Å². The first-order valence-corrected chi connectivity index (χ1v) is 16.7. The van der Waals surface area contributed by atoms with Crippen LogP contribution in [0.4, 0.5) is 4.79 Å². The number of esters is 1. The van der Waals surface area contributed by atoms with Crippen LogP contribution in [0.2, 0.25) is 0 Å². The molecule has 1 amide bonds. The van der Waals surface area contributed by atoms with Gasteiger partial charge in [-0.15, -0.1) is 0 Å². The van der Waals surface area contributed by atoms with E-state index in [1.165, 1.54) is 0 Å². The number of nitrogens with one attached hydrogen (secondary N) is 1. The summed E-state index contributed by atoms with van der Waals surface area (Å²) < 4.78 is 17.4. The van der Waals surface area contributed by atoms with Crippen LogP contribution < -0.4 is 5.32 Å². The maximum absolute atomic E-state index is 13.6. The molecule has 2 bridgehead atoms. The largest absolute Gasteiger partial charge is 0.456 e. The van der Waals surface area contributed by atoms with Crippen molar-refractivity contribution in [2.24, 2.45) is 39.9 Å². The van der Waals surface area contributed by atoms with Gasteiger partial charge in [0.05, 0.1) is 36.6 Å². The molecule has 12 atom stereocenters. The average Bonchev–Trinajstić information content (AvgIpc) is 2.89. The smallest absolute Gasteiger partial charge is 0.407 e. The molecule has 2 saturated carbocycles. The number of aliphatic hydroxyl groups excluding tert-OH is 3. The van der Waals surface area contributed by atoms with E-state index in [1.807, 2.05) is 55.4 Å². The zero-order valence-corrected chi connectivity index (χ0v) is 29.4. The van der Waals surface area contributed by atoms with E-state index in [2.05, 4.69) is 12.2 Å². The molecule has 258 valence electrons. The lowest BCUT2D eigenvalue weighted by Crippen LogP contribution is -2.75. The van der Waals surface area contributed by atoms with Gasteiger partial charge in [-0.25, -0.2) is 9.59 Å². The van der Waals surface area contributed by atoms with Crippen molar-refractivity contribution in [3.63, 3.8) is 0 Å². The van der Waals surface area contributed by atoms with Crippen LogP contribution in [-0.2, 0) is 19.0 Å². The second-order valence-corrected chi connectivity index (χ2v) is 17.0. The highest BCUT2D eigenvalue weighted by Gasteiger charge is 2.72. The third-order valence-electron chi connectivity index (χ3n) is 12.2. The van der Waals surface area contributed by atoms with Crippen molar-refractivity contribution in [1.82, 2.24) is 5.32 Å². The monoisotopic (exact) mass is 637 g/mol. The van der Waals surface area contributed by atoms with Gasteiger partial charge in [-0.05, 0) is 57.4 Å². The number of amides is 1. The topological polar surface area (TPSA) is 155 Å². The molecule has 0 aromatic heterocycles. The maximum atomic E-state index is 13.6. The van der Waals surface area contributed by atoms with Crippen LogP contribution in [0.5, 0.6) is 0 Å². The molecular weight excluding hydrogens is 578 g/mol. The second-order valence-electron chi connectivity index (χ2n) is 17.0. The number of aliphatic hydroxyl groups is 4. The van der Waals surface area contributed by atoms with E-state index in [4.69, 9.17) is 14.2 Å². The molecule has 1 heterocycles. The molecular formula is C35H59NO9. The molecule has 5 N–H and O–H groups in total. The number of carbonyl (C=O) groups excluding carboxylic acids is 2. The van der Waals surface area contributed by atoms with Gasteiger partial charge in [-0.3, -0.25) is 0 Å². The van der Waals surface area contributed by atoms with Gasteiger partial charge >= 0.3 is 12.1 Å². The molecule has 0 spiro atoms. The number of ether oxygens (including phenoxy) is 3. The van der Waals surface area contributed by atoms with E-state index in [1.54, 1.807) is 20.8 Å². The molecule has 4 rings (SSSR count). The lowest BCUT2D eigenvalue weighted by atomic mass is 9.39. The minimum Gasteiger partial charge on any atom is -0.456 e. The fraction of sp³-hybridized carbons (Fsp3) is 0.886. The van der Waals surface area contributed by atoms with Gasteiger partial charge in [-0.1, -0.05) is 61.0 Å². The molecule has 0 unspecified atom stereocenters. The van der Waals surface area contributed by atoms with Gasteiger partial charge < -0.3 is 40.0 Å². The van der Waals surface area contributed by atoms with Crippen molar-refractivity contribution >= 4 is 12.1 Å². The Labute approximate surface area is 269 Å². The van der Waals surface area contributed by atoms with Crippen molar-refractivity contribution < 1.29 is 44.2 Å². The van der Waals surface area contributed by atoms with Crippen LogP contribution in [0.25, 0.3) is 0 Å². The minimum absolute atomic E-state index is 0.0445. The van der Waals surface area contributed by atoms with Crippen LogP contribution in [0, 0.1) is 39.9 Å². The Morgan fingerprint density at radius 1 is 1.11 bits per heavy atom. The van der Waals surface area contributed by atoms with E-state index in [0.29, 0.717) is 25.0 Å². The maximum Gasteiger partial charge on any atom is 0.407 e. The fourth-order valence-corrected chi connectivity index (χ4v) is 9.94. The minimum atomic E-state index is -1.67. The highest BCUT2D eigenvalue weighted by molar-refractivity contribution is 5.77. The quantitative estimate of drug-likeness (QED) is 0.214. The number of carbonyl (C=O) groups is 2. The number of alkyl carbamates (subject to hydrolysis) is 1. The Morgan fingerprint density at radius 2 is 1.71 bits per heavy atom. The molecule has 0 radical (unpaired) electrons. The normalized spacial score (nSPS) is 42.3.